The molecule has 0 aromatic heterocycles. The lowest BCUT2D eigenvalue weighted by molar-refractivity contribution is 0.330. The summed E-state index contributed by atoms with van der Waals surface area (Å²) in [6.07, 6.45) is 0.748. The fourth-order valence-corrected chi connectivity index (χ4v) is 4.96. The molecular formula is C28H29Cl2IN2. The second-order valence-corrected chi connectivity index (χ2v) is 8.51. The lowest BCUT2D eigenvalue weighted by Crippen LogP contribution is -2.55. The molecule has 0 heterocycles. The average molecular weight is 591 g/mol. The molecule has 0 aliphatic heterocycles. The van der Waals surface area contributed by atoms with Gasteiger partial charge in [-0.15, -0.1) is 24.8 Å². The molecule has 4 aromatic carbocycles. The molecule has 4 rings (SSSR count). The van der Waals surface area contributed by atoms with Crippen LogP contribution in [0.25, 0.3) is 0 Å². The van der Waals surface area contributed by atoms with Crippen LogP contribution in [-0.4, -0.2) is 5.66 Å². The molecule has 0 saturated heterocycles. The normalized spacial score (nSPS) is 12.5. The van der Waals surface area contributed by atoms with Crippen molar-refractivity contribution in [3.63, 3.8) is 0 Å². The fraction of sp³-hybridized carbons (Fsp3) is 0.143. The Morgan fingerprint density at radius 3 is 1.18 bits per heavy atom. The van der Waals surface area contributed by atoms with Crippen LogP contribution in [0.1, 0.15) is 40.5 Å². The summed E-state index contributed by atoms with van der Waals surface area (Å²) in [4.78, 5) is 0. The van der Waals surface area contributed by atoms with Crippen molar-refractivity contribution in [3.05, 3.63) is 144 Å². The van der Waals surface area contributed by atoms with Crippen molar-refractivity contribution in [1.82, 2.24) is 3.53 Å². The Hall–Kier alpha value is -1.89. The molecule has 172 valence electrons. The van der Waals surface area contributed by atoms with Gasteiger partial charge in [-0.05, 0) is 28.7 Å². The van der Waals surface area contributed by atoms with E-state index in [0.29, 0.717) is 0 Å². The average Bonchev–Trinajstić information content (AvgIpc) is 2.85. The topological polar surface area (TPSA) is 38.0 Å². The first kappa shape index (κ1) is 27.4. The summed E-state index contributed by atoms with van der Waals surface area (Å²) in [5, 5.41) is 0. The van der Waals surface area contributed by atoms with Crippen LogP contribution in [0.3, 0.4) is 0 Å². The molecule has 4 aromatic rings. The van der Waals surface area contributed by atoms with E-state index in [1.807, 2.05) is 0 Å². The van der Waals surface area contributed by atoms with Gasteiger partial charge in [0, 0.05) is 34.7 Å². The molecule has 5 heteroatoms. The number of hydrogen-bond donors (Lipinski definition) is 2. The number of hydrogen-bond acceptors (Lipinski definition) is 2. The van der Waals surface area contributed by atoms with Crippen LogP contribution in [0.4, 0.5) is 0 Å². The van der Waals surface area contributed by atoms with Gasteiger partial charge in [-0.1, -0.05) is 121 Å². The van der Waals surface area contributed by atoms with Gasteiger partial charge in [0.2, 0.25) is 0 Å². The van der Waals surface area contributed by atoms with Crippen LogP contribution in [0.5, 0.6) is 0 Å². The minimum Gasteiger partial charge on any atom is -0.312 e. The molecular weight excluding hydrogens is 562 g/mol. The fourth-order valence-electron chi connectivity index (χ4n) is 4.43. The Bertz CT molecular complexity index is 987. The van der Waals surface area contributed by atoms with E-state index in [1.54, 1.807) is 0 Å². The van der Waals surface area contributed by atoms with E-state index in [1.165, 1.54) is 22.3 Å². The second kappa shape index (κ2) is 13.1. The number of nitrogens with one attached hydrogen (secondary N) is 1. The van der Waals surface area contributed by atoms with E-state index in [9.17, 15) is 0 Å². The zero-order valence-electron chi connectivity index (χ0n) is 18.2. The van der Waals surface area contributed by atoms with E-state index in [-0.39, 0.29) is 36.6 Å². The van der Waals surface area contributed by atoms with Crippen LogP contribution < -0.4 is 9.26 Å². The summed E-state index contributed by atoms with van der Waals surface area (Å²) in [5.74, 6) is 0.173. The van der Waals surface area contributed by atoms with Gasteiger partial charge in [0.15, 0.2) is 0 Å². The Labute approximate surface area is 223 Å². The Morgan fingerprint density at radius 1 is 0.576 bits per heavy atom. The van der Waals surface area contributed by atoms with Crippen LogP contribution in [0.2, 0.25) is 0 Å². The van der Waals surface area contributed by atoms with Crippen molar-refractivity contribution in [3.8, 4) is 0 Å². The Morgan fingerprint density at radius 2 is 0.879 bits per heavy atom. The molecule has 0 amide bonds. The molecule has 0 aliphatic rings. The van der Waals surface area contributed by atoms with Crippen LogP contribution in [0.15, 0.2) is 121 Å². The van der Waals surface area contributed by atoms with Crippen molar-refractivity contribution in [2.24, 2.45) is 5.73 Å². The first-order valence-electron chi connectivity index (χ1n) is 10.6. The minimum absolute atomic E-state index is 0. The lowest BCUT2D eigenvalue weighted by Gasteiger charge is -2.40. The summed E-state index contributed by atoms with van der Waals surface area (Å²) in [6, 6.07) is 42.5. The molecule has 0 aliphatic carbocycles. The first-order valence-corrected chi connectivity index (χ1v) is 11.7. The third-order valence-corrected chi connectivity index (χ3v) is 6.91. The van der Waals surface area contributed by atoms with Gasteiger partial charge in [0.05, 0.1) is 5.66 Å². The van der Waals surface area contributed by atoms with E-state index in [2.05, 4.69) is 148 Å². The predicted octanol–water partition coefficient (Wildman–Crippen LogP) is 7.48. The van der Waals surface area contributed by atoms with Gasteiger partial charge < -0.3 is 5.73 Å². The third kappa shape index (κ3) is 6.58. The number of nitrogens with two attached hydrogens (primary N) is 1. The Kier molecular flexibility index (Phi) is 10.9. The van der Waals surface area contributed by atoms with Crippen molar-refractivity contribution in [2.45, 2.75) is 23.9 Å². The lowest BCUT2D eigenvalue weighted by atomic mass is 9.74. The summed E-state index contributed by atoms with van der Waals surface area (Å²) < 4.78 is 3.49. The van der Waals surface area contributed by atoms with Gasteiger partial charge in [-0.25, -0.2) is 3.53 Å². The highest BCUT2D eigenvalue weighted by Crippen LogP contribution is 2.40. The molecule has 3 N–H and O–H groups in total. The number of rotatable bonds is 8. The smallest absolute Gasteiger partial charge is 0.0867 e. The second-order valence-electron chi connectivity index (χ2n) is 7.97. The third-order valence-electron chi connectivity index (χ3n) is 5.90. The number of benzene rings is 4. The summed E-state index contributed by atoms with van der Waals surface area (Å²) in [7, 11) is 0. The van der Waals surface area contributed by atoms with Gasteiger partial charge in [0.1, 0.15) is 0 Å². The maximum Gasteiger partial charge on any atom is 0.0867 e. The van der Waals surface area contributed by atoms with Gasteiger partial charge >= 0.3 is 0 Å². The van der Waals surface area contributed by atoms with Crippen molar-refractivity contribution in [1.29, 1.82) is 0 Å². The standard InChI is InChI=1S/C28H27IN2.2ClH/c29-31-28(30,27(24-17-9-3-10-18-24)25-19-11-4-12-20-25)21-26(22-13-5-1-6-14-22)23-15-7-2-8-16-23;;/h1-20,26-27,31H,21,30H2;2*1H. The van der Waals surface area contributed by atoms with E-state index in [0.717, 1.165) is 6.42 Å². The highest BCUT2D eigenvalue weighted by molar-refractivity contribution is 14.1. The maximum atomic E-state index is 7.26. The zero-order valence-corrected chi connectivity index (χ0v) is 22.0. The molecule has 0 spiro atoms. The van der Waals surface area contributed by atoms with Gasteiger partial charge in [-0.2, -0.15) is 0 Å². The molecule has 0 bridgehead atoms. The molecule has 0 fully saturated rings. The van der Waals surface area contributed by atoms with Crippen molar-refractivity contribution >= 4 is 47.7 Å². The SMILES string of the molecule is Cl.Cl.NC(CC(c1ccccc1)c1ccccc1)(NI)C(c1ccccc1)c1ccccc1. The quantitative estimate of drug-likeness (QED) is 0.127. The molecule has 1 atom stereocenters. The molecule has 33 heavy (non-hydrogen) atoms. The van der Waals surface area contributed by atoms with Crippen molar-refractivity contribution < 1.29 is 0 Å². The van der Waals surface area contributed by atoms with E-state index < -0.39 is 5.66 Å². The monoisotopic (exact) mass is 590 g/mol. The van der Waals surface area contributed by atoms with Crippen LogP contribution >= 0.6 is 47.7 Å². The zero-order chi connectivity index (χ0) is 21.5. The maximum absolute atomic E-state index is 7.26. The molecule has 0 radical (unpaired) electrons. The van der Waals surface area contributed by atoms with Crippen LogP contribution in [0, 0.1) is 0 Å². The summed E-state index contributed by atoms with van der Waals surface area (Å²) >= 11 is 2.23. The highest BCUT2D eigenvalue weighted by Gasteiger charge is 2.39. The molecule has 2 nitrogen and oxygen atoms in total. The van der Waals surface area contributed by atoms with E-state index in [4.69, 9.17) is 5.73 Å². The molecule has 1 unspecified atom stereocenters. The van der Waals surface area contributed by atoms with Crippen LogP contribution in [-0.2, 0) is 0 Å². The molecule has 0 saturated carbocycles. The largest absolute Gasteiger partial charge is 0.312 e. The summed E-state index contributed by atoms with van der Waals surface area (Å²) in [6.45, 7) is 0. The van der Waals surface area contributed by atoms with E-state index >= 15 is 0 Å². The van der Waals surface area contributed by atoms with Gasteiger partial charge in [-0.3, -0.25) is 0 Å². The van der Waals surface area contributed by atoms with Crippen molar-refractivity contribution in [2.75, 3.05) is 0 Å². The predicted molar refractivity (Wildman–Crippen MR) is 153 cm³/mol. The first-order chi connectivity index (χ1) is 15.2. The minimum atomic E-state index is -0.667. The Balaban J connectivity index is 0.00000193. The van der Waals surface area contributed by atoms with Gasteiger partial charge in [0.25, 0.3) is 0 Å². The number of halogens is 3. The highest BCUT2D eigenvalue weighted by atomic mass is 127. The summed E-state index contributed by atoms with van der Waals surface area (Å²) in [5.41, 5.74) is 11.6.